The van der Waals surface area contributed by atoms with Crippen LogP contribution in [0.15, 0.2) is 24.3 Å². The third-order valence-electron chi connectivity index (χ3n) is 14.9. The summed E-state index contributed by atoms with van der Waals surface area (Å²) < 4.78 is 0. The number of aliphatic hydroxyl groups excluding tert-OH is 2. The second-order valence-electron chi connectivity index (χ2n) is 21.8. The molecule has 4 nitrogen and oxygen atoms in total. The van der Waals surface area contributed by atoms with Gasteiger partial charge in [0.1, 0.15) is 0 Å². The Hall–Kier alpha value is -1.13. The van der Waals surface area contributed by atoms with Crippen molar-refractivity contribution in [3.63, 3.8) is 0 Å². The van der Waals surface area contributed by atoms with Crippen LogP contribution < -0.4 is 5.32 Å². The first-order valence-electron chi connectivity index (χ1n) is 31.6. The van der Waals surface area contributed by atoms with Gasteiger partial charge in [0.2, 0.25) is 5.91 Å². The zero-order valence-corrected chi connectivity index (χ0v) is 46.7. The number of amides is 1. The van der Waals surface area contributed by atoms with Crippen LogP contribution in [0.25, 0.3) is 0 Å². The molecule has 0 heterocycles. The van der Waals surface area contributed by atoms with Crippen LogP contribution in [0.2, 0.25) is 0 Å². The molecule has 0 saturated carbocycles. The number of rotatable bonds is 59. The van der Waals surface area contributed by atoms with Crippen molar-refractivity contribution < 1.29 is 15.0 Å². The largest absolute Gasteiger partial charge is 0.394 e. The monoisotopic (exact) mass is 956 g/mol. The number of aliphatic hydroxyl groups is 2. The smallest absolute Gasteiger partial charge is 0.220 e. The predicted molar refractivity (Wildman–Crippen MR) is 304 cm³/mol. The third kappa shape index (κ3) is 55.8. The SMILES string of the molecule is CCCCCCCCCC/C=C\CCCCCCCCCCCCCCCCCCCCCCCC(=O)NC(CO)C(O)/C=C/CCCCCCCCCCCCCCCCCCCCCCC. The topological polar surface area (TPSA) is 69.6 Å². The van der Waals surface area contributed by atoms with Crippen LogP contribution in [0.1, 0.15) is 361 Å². The van der Waals surface area contributed by atoms with E-state index in [9.17, 15) is 15.0 Å². The average Bonchev–Trinajstić information content (AvgIpc) is 3.34. The van der Waals surface area contributed by atoms with E-state index in [1.54, 1.807) is 6.08 Å². The van der Waals surface area contributed by atoms with Crippen molar-refractivity contribution in [3.05, 3.63) is 24.3 Å². The van der Waals surface area contributed by atoms with Crippen molar-refractivity contribution in [3.8, 4) is 0 Å². The van der Waals surface area contributed by atoms with Crippen LogP contribution in [-0.4, -0.2) is 34.9 Å². The van der Waals surface area contributed by atoms with Crippen molar-refractivity contribution in [2.45, 2.75) is 373 Å². The Bertz CT molecular complexity index is 994. The van der Waals surface area contributed by atoms with E-state index < -0.39 is 12.1 Å². The van der Waals surface area contributed by atoms with Gasteiger partial charge in [-0.1, -0.05) is 334 Å². The van der Waals surface area contributed by atoms with Crippen LogP contribution in [0.5, 0.6) is 0 Å². The average molecular weight is 957 g/mol. The zero-order valence-electron chi connectivity index (χ0n) is 46.7. The number of carbonyl (C=O) groups is 1. The Labute approximate surface area is 428 Å². The lowest BCUT2D eigenvalue weighted by molar-refractivity contribution is -0.123. The highest BCUT2D eigenvalue weighted by molar-refractivity contribution is 5.76. The van der Waals surface area contributed by atoms with Crippen LogP contribution in [0.4, 0.5) is 0 Å². The summed E-state index contributed by atoms with van der Waals surface area (Å²) in [7, 11) is 0. The minimum Gasteiger partial charge on any atom is -0.394 e. The Kier molecular flexibility index (Phi) is 59.2. The third-order valence-corrected chi connectivity index (χ3v) is 14.9. The van der Waals surface area contributed by atoms with Gasteiger partial charge in [-0.2, -0.15) is 0 Å². The van der Waals surface area contributed by atoms with Crippen molar-refractivity contribution in [2.75, 3.05) is 6.61 Å². The first-order valence-corrected chi connectivity index (χ1v) is 31.6. The fourth-order valence-corrected chi connectivity index (χ4v) is 10.1. The maximum absolute atomic E-state index is 12.5. The van der Waals surface area contributed by atoms with E-state index in [2.05, 4.69) is 31.3 Å². The first kappa shape index (κ1) is 66.9. The molecule has 0 aliphatic carbocycles. The molecule has 0 radical (unpaired) electrons. The van der Waals surface area contributed by atoms with Gasteiger partial charge in [0.25, 0.3) is 0 Å². The zero-order chi connectivity index (χ0) is 49.2. The van der Waals surface area contributed by atoms with E-state index in [1.165, 1.54) is 315 Å². The summed E-state index contributed by atoms with van der Waals surface area (Å²) in [5.74, 6) is -0.0556. The maximum Gasteiger partial charge on any atom is 0.220 e. The van der Waals surface area contributed by atoms with Gasteiger partial charge in [-0.05, 0) is 44.9 Å². The molecular weight excluding hydrogens is 831 g/mol. The van der Waals surface area contributed by atoms with E-state index in [0.29, 0.717) is 6.42 Å². The van der Waals surface area contributed by atoms with E-state index in [0.717, 1.165) is 25.7 Å². The summed E-state index contributed by atoms with van der Waals surface area (Å²) in [6.07, 6.45) is 80.9. The molecular formula is C64H125NO3. The molecule has 0 aliphatic rings. The quantitative estimate of drug-likeness (QED) is 0.0420. The molecule has 0 spiro atoms. The predicted octanol–water partition coefficient (Wildman–Crippen LogP) is 21.0. The molecule has 0 aromatic rings. The molecule has 0 bridgehead atoms. The summed E-state index contributed by atoms with van der Waals surface area (Å²) in [5, 5.41) is 23.2. The molecule has 0 aromatic heterocycles. The molecule has 404 valence electrons. The number of nitrogens with one attached hydrogen (secondary N) is 1. The Morgan fingerprint density at radius 2 is 0.559 bits per heavy atom. The summed E-state index contributed by atoms with van der Waals surface area (Å²) in [6, 6.07) is -0.620. The molecule has 0 fully saturated rings. The summed E-state index contributed by atoms with van der Waals surface area (Å²) in [4.78, 5) is 12.5. The fourth-order valence-electron chi connectivity index (χ4n) is 10.1. The Morgan fingerprint density at radius 1 is 0.338 bits per heavy atom. The van der Waals surface area contributed by atoms with E-state index >= 15 is 0 Å². The van der Waals surface area contributed by atoms with Gasteiger partial charge < -0.3 is 15.5 Å². The molecule has 1 amide bonds. The van der Waals surface area contributed by atoms with E-state index in [-0.39, 0.29) is 12.5 Å². The van der Waals surface area contributed by atoms with Gasteiger partial charge in [0.15, 0.2) is 0 Å². The van der Waals surface area contributed by atoms with Crippen LogP contribution >= 0.6 is 0 Å². The second kappa shape index (κ2) is 60.2. The minimum atomic E-state index is -0.837. The summed E-state index contributed by atoms with van der Waals surface area (Å²) >= 11 is 0. The number of carbonyl (C=O) groups excluding carboxylic acids is 1. The lowest BCUT2D eigenvalue weighted by Gasteiger charge is -2.20. The van der Waals surface area contributed by atoms with Gasteiger partial charge in [-0.25, -0.2) is 0 Å². The Balaban J connectivity index is 3.42. The highest BCUT2D eigenvalue weighted by Gasteiger charge is 2.18. The molecule has 0 aromatic carbocycles. The molecule has 4 heteroatoms. The van der Waals surface area contributed by atoms with Crippen molar-refractivity contribution >= 4 is 5.91 Å². The van der Waals surface area contributed by atoms with Crippen LogP contribution in [0, 0.1) is 0 Å². The van der Waals surface area contributed by atoms with Crippen molar-refractivity contribution in [1.29, 1.82) is 0 Å². The van der Waals surface area contributed by atoms with Crippen LogP contribution in [-0.2, 0) is 4.79 Å². The van der Waals surface area contributed by atoms with Gasteiger partial charge in [0.05, 0.1) is 18.8 Å². The molecule has 2 atom stereocenters. The number of hydrogen-bond donors (Lipinski definition) is 3. The van der Waals surface area contributed by atoms with E-state index in [1.807, 2.05) is 6.08 Å². The first-order chi connectivity index (χ1) is 33.7. The van der Waals surface area contributed by atoms with E-state index in [4.69, 9.17) is 0 Å². The standard InChI is InChI=1S/C64H125NO3/c1-3-5-7-9-11-13-15-17-19-21-23-25-27-28-29-30-31-32-33-34-35-36-38-40-42-44-46-48-50-52-54-56-58-60-64(68)65-62(61-66)63(67)59-57-55-53-51-49-47-45-43-41-39-37-26-24-22-20-18-16-14-12-10-8-6-4-2/h21,23,57,59,62-63,66-67H,3-20,22,24-56,58,60-61H2,1-2H3,(H,65,68)/b23-21-,59-57+. The van der Waals surface area contributed by atoms with Gasteiger partial charge in [-0.3, -0.25) is 4.79 Å². The maximum atomic E-state index is 12.5. The fraction of sp³-hybridized carbons (Fsp3) is 0.922. The van der Waals surface area contributed by atoms with Crippen LogP contribution in [0.3, 0.4) is 0 Å². The van der Waals surface area contributed by atoms with Gasteiger partial charge in [0, 0.05) is 6.42 Å². The van der Waals surface area contributed by atoms with Crippen molar-refractivity contribution in [1.82, 2.24) is 5.32 Å². The highest BCUT2D eigenvalue weighted by Crippen LogP contribution is 2.18. The lowest BCUT2D eigenvalue weighted by Crippen LogP contribution is -2.45. The molecule has 0 aliphatic heterocycles. The summed E-state index contributed by atoms with van der Waals surface area (Å²) in [6.45, 7) is 4.35. The second-order valence-corrected chi connectivity index (χ2v) is 21.8. The molecule has 0 saturated heterocycles. The molecule has 68 heavy (non-hydrogen) atoms. The van der Waals surface area contributed by atoms with Gasteiger partial charge >= 0.3 is 0 Å². The van der Waals surface area contributed by atoms with Gasteiger partial charge in [-0.15, -0.1) is 0 Å². The normalized spacial score (nSPS) is 12.8. The van der Waals surface area contributed by atoms with Crippen molar-refractivity contribution in [2.24, 2.45) is 0 Å². The highest BCUT2D eigenvalue weighted by atomic mass is 16.3. The number of allylic oxidation sites excluding steroid dienone is 3. The number of hydrogen-bond acceptors (Lipinski definition) is 3. The summed E-state index contributed by atoms with van der Waals surface area (Å²) in [5.41, 5.74) is 0. The minimum absolute atomic E-state index is 0.0556. The molecule has 0 rings (SSSR count). The Morgan fingerprint density at radius 3 is 0.809 bits per heavy atom. The molecule has 3 N–H and O–H groups in total. The lowest BCUT2D eigenvalue weighted by atomic mass is 10.0. The molecule has 2 unspecified atom stereocenters. The number of unbranched alkanes of at least 4 members (excludes halogenated alkanes) is 50.